The lowest BCUT2D eigenvalue weighted by Crippen LogP contribution is -2.33. The Morgan fingerprint density at radius 1 is 1.33 bits per heavy atom. The molecular weight excluding hydrogens is 226 g/mol. The molecule has 3 heteroatoms. The average Bonchev–Trinajstić information content (AvgIpc) is 3.17. The van der Waals surface area contributed by atoms with Gasteiger partial charge >= 0.3 is 0 Å². The summed E-state index contributed by atoms with van der Waals surface area (Å²) in [6, 6.07) is 8.30. The second-order valence-electron chi connectivity index (χ2n) is 5.52. The highest BCUT2D eigenvalue weighted by molar-refractivity contribution is 5.85. The summed E-state index contributed by atoms with van der Waals surface area (Å²) < 4.78 is 0. The van der Waals surface area contributed by atoms with Crippen LogP contribution in [0.25, 0.3) is 0 Å². The van der Waals surface area contributed by atoms with Crippen molar-refractivity contribution in [2.24, 2.45) is 5.41 Å². The maximum atomic E-state index is 11.8. The summed E-state index contributed by atoms with van der Waals surface area (Å²) in [4.78, 5) is 11.8. The molecule has 2 N–H and O–H groups in total. The molecule has 0 bridgehead atoms. The standard InChI is InChI=1S/C15H21NO2/c1-11(2)13-5-3-12(4-6-13)9-16-14(18)15(10-17)7-8-15/h3-6,11,17H,7-10H2,1-2H3,(H,16,18). The third kappa shape index (κ3) is 2.72. The van der Waals surface area contributed by atoms with Crippen molar-refractivity contribution in [3.63, 3.8) is 0 Å². The van der Waals surface area contributed by atoms with Gasteiger partial charge in [0.2, 0.25) is 5.91 Å². The third-order valence-corrected chi connectivity index (χ3v) is 3.74. The van der Waals surface area contributed by atoms with Gasteiger partial charge in [0.25, 0.3) is 0 Å². The summed E-state index contributed by atoms with van der Waals surface area (Å²) in [5.41, 5.74) is 1.93. The number of carbonyl (C=O) groups is 1. The van der Waals surface area contributed by atoms with Gasteiger partial charge in [-0.15, -0.1) is 0 Å². The molecule has 1 saturated carbocycles. The highest BCUT2D eigenvalue weighted by Gasteiger charge is 2.49. The maximum absolute atomic E-state index is 11.8. The lowest BCUT2D eigenvalue weighted by atomic mass is 10.0. The molecule has 0 heterocycles. The van der Waals surface area contributed by atoms with Crippen LogP contribution in [0.2, 0.25) is 0 Å². The number of nitrogens with one attached hydrogen (secondary N) is 1. The normalized spacial score (nSPS) is 16.7. The van der Waals surface area contributed by atoms with Crippen LogP contribution >= 0.6 is 0 Å². The highest BCUT2D eigenvalue weighted by Crippen LogP contribution is 2.45. The minimum atomic E-state index is -0.474. The van der Waals surface area contributed by atoms with Crippen LogP contribution in [0.5, 0.6) is 0 Å². The van der Waals surface area contributed by atoms with Crippen LogP contribution in [0, 0.1) is 5.41 Å². The number of aliphatic hydroxyl groups excluding tert-OH is 1. The summed E-state index contributed by atoms with van der Waals surface area (Å²) in [5.74, 6) is 0.510. The molecule has 0 aromatic heterocycles. The molecule has 18 heavy (non-hydrogen) atoms. The summed E-state index contributed by atoms with van der Waals surface area (Å²) >= 11 is 0. The van der Waals surface area contributed by atoms with Gasteiger partial charge in [-0.05, 0) is 29.9 Å². The first-order chi connectivity index (χ1) is 8.57. The molecule has 1 aromatic carbocycles. The first kappa shape index (κ1) is 13.1. The number of benzene rings is 1. The van der Waals surface area contributed by atoms with Gasteiger partial charge in [-0.2, -0.15) is 0 Å². The SMILES string of the molecule is CC(C)c1ccc(CNC(=O)C2(CO)CC2)cc1. The van der Waals surface area contributed by atoms with Crippen molar-refractivity contribution >= 4 is 5.91 Å². The van der Waals surface area contributed by atoms with E-state index < -0.39 is 5.41 Å². The second-order valence-corrected chi connectivity index (χ2v) is 5.52. The van der Waals surface area contributed by atoms with E-state index >= 15 is 0 Å². The van der Waals surface area contributed by atoms with Crippen LogP contribution in [0.3, 0.4) is 0 Å². The third-order valence-electron chi connectivity index (χ3n) is 3.74. The molecule has 0 atom stereocenters. The Labute approximate surface area is 108 Å². The molecule has 1 aliphatic rings. The monoisotopic (exact) mass is 247 g/mol. The molecule has 0 radical (unpaired) electrons. The van der Waals surface area contributed by atoms with Crippen LogP contribution in [0.4, 0.5) is 0 Å². The zero-order valence-electron chi connectivity index (χ0n) is 11.1. The number of hydrogen-bond acceptors (Lipinski definition) is 2. The zero-order chi connectivity index (χ0) is 13.2. The van der Waals surface area contributed by atoms with Gasteiger partial charge in [-0.1, -0.05) is 38.1 Å². The average molecular weight is 247 g/mol. The molecule has 1 amide bonds. The number of rotatable bonds is 5. The fourth-order valence-corrected chi connectivity index (χ4v) is 2.00. The van der Waals surface area contributed by atoms with E-state index in [0.717, 1.165) is 18.4 Å². The summed E-state index contributed by atoms with van der Waals surface area (Å²) in [7, 11) is 0. The predicted molar refractivity (Wildman–Crippen MR) is 71.1 cm³/mol. The van der Waals surface area contributed by atoms with Crippen molar-refractivity contribution in [2.75, 3.05) is 6.61 Å². The molecule has 0 aliphatic heterocycles. The van der Waals surface area contributed by atoms with Crippen LogP contribution in [0.1, 0.15) is 43.7 Å². The van der Waals surface area contributed by atoms with Crippen molar-refractivity contribution < 1.29 is 9.90 Å². The van der Waals surface area contributed by atoms with Gasteiger partial charge in [0.05, 0.1) is 12.0 Å². The van der Waals surface area contributed by atoms with Crippen molar-refractivity contribution in [2.45, 2.75) is 39.2 Å². The predicted octanol–water partition coefficient (Wildman–Crippen LogP) is 2.20. The molecule has 2 rings (SSSR count). The Morgan fingerprint density at radius 2 is 1.94 bits per heavy atom. The molecule has 1 fully saturated rings. The molecule has 1 aliphatic carbocycles. The summed E-state index contributed by atoms with van der Waals surface area (Å²) in [5, 5.41) is 12.1. The van der Waals surface area contributed by atoms with E-state index in [1.54, 1.807) is 0 Å². The van der Waals surface area contributed by atoms with Gasteiger partial charge in [-0.25, -0.2) is 0 Å². The zero-order valence-corrected chi connectivity index (χ0v) is 11.1. The van der Waals surface area contributed by atoms with Gasteiger partial charge < -0.3 is 10.4 Å². The Kier molecular flexibility index (Phi) is 3.71. The van der Waals surface area contributed by atoms with Crippen LogP contribution < -0.4 is 5.32 Å². The first-order valence-corrected chi connectivity index (χ1v) is 6.55. The van der Waals surface area contributed by atoms with E-state index in [0.29, 0.717) is 12.5 Å². The molecule has 0 saturated heterocycles. The Hall–Kier alpha value is -1.35. The van der Waals surface area contributed by atoms with E-state index in [1.807, 2.05) is 12.1 Å². The Balaban J connectivity index is 1.89. The van der Waals surface area contributed by atoms with Crippen molar-refractivity contribution in [3.05, 3.63) is 35.4 Å². The summed E-state index contributed by atoms with van der Waals surface area (Å²) in [6.07, 6.45) is 1.61. The molecule has 1 aromatic rings. The molecule has 3 nitrogen and oxygen atoms in total. The van der Waals surface area contributed by atoms with Gasteiger partial charge in [-0.3, -0.25) is 4.79 Å². The Bertz CT molecular complexity index is 419. The number of aliphatic hydroxyl groups is 1. The van der Waals surface area contributed by atoms with E-state index in [2.05, 4.69) is 31.3 Å². The lowest BCUT2D eigenvalue weighted by Gasteiger charge is -2.12. The van der Waals surface area contributed by atoms with Gasteiger partial charge in [0, 0.05) is 6.54 Å². The smallest absolute Gasteiger partial charge is 0.228 e. The van der Waals surface area contributed by atoms with Gasteiger partial charge in [0.1, 0.15) is 0 Å². The molecule has 0 unspecified atom stereocenters. The molecular formula is C15H21NO2. The van der Waals surface area contributed by atoms with E-state index in [4.69, 9.17) is 5.11 Å². The van der Waals surface area contributed by atoms with Crippen LogP contribution in [-0.4, -0.2) is 17.6 Å². The van der Waals surface area contributed by atoms with Crippen LogP contribution in [0.15, 0.2) is 24.3 Å². The topological polar surface area (TPSA) is 49.3 Å². The lowest BCUT2D eigenvalue weighted by molar-refractivity contribution is -0.127. The Morgan fingerprint density at radius 3 is 2.39 bits per heavy atom. The maximum Gasteiger partial charge on any atom is 0.228 e. The van der Waals surface area contributed by atoms with Crippen molar-refractivity contribution in [1.82, 2.24) is 5.32 Å². The second kappa shape index (κ2) is 5.11. The van der Waals surface area contributed by atoms with E-state index in [1.165, 1.54) is 5.56 Å². The highest BCUT2D eigenvalue weighted by atomic mass is 16.3. The van der Waals surface area contributed by atoms with E-state index in [9.17, 15) is 4.79 Å². The minimum absolute atomic E-state index is 0.0158. The van der Waals surface area contributed by atoms with E-state index in [-0.39, 0.29) is 12.5 Å². The number of carbonyl (C=O) groups excluding carboxylic acids is 1. The van der Waals surface area contributed by atoms with Crippen molar-refractivity contribution in [3.8, 4) is 0 Å². The largest absolute Gasteiger partial charge is 0.395 e. The number of amides is 1. The first-order valence-electron chi connectivity index (χ1n) is 6.55. The fourth-order valence-electron chi connectivity index (χ4n) is 2.00. The fraction of sp³-hybridized carbons (Fsp3) is 0.533. The van der Waals surface area contributed by atoms with Crippen LogP contribution in [-0.2, 0) is 11.3 Å². The van der Waals surface area contributed by atoms with Gasteiger partial charge in [0.15, 0.2) is 0 Å². The quantitative estimate of drug-likeness (QED) is 0.838. The molecule has 98 valence electrons. The summed E-state index contributed by atoms with van der Waals surface area (Å²) in [6.45, 7) is 4.83. The number of hydrogen-bond donors (Lipinski definition) is 2. The van der Waals surface area contributed by atoms with Crippen molar-refractivity contribution in [1.29, 1.82) is 0 Å². The minimum Gasteiger partial charge on any atom is -0.395 e. The molecule has 0 spiro atoms.